The standard InChI is InChI=1S/C18H22N4OS/c1-2-13-16-18(23)20-17(14-9-6-10-24-14)21-22(16)15(19-13)11-12-7-4-3-5-8-12/h6,9-10,12H,2-5,7-8,11H2,1H3,(H,20,21,23). The molecule has 1 aliphatic carbocycles. The number of fused-ring (bicyclic) bond motifs is 1. The second-order valence-corrected chi connectivity index (χ2v) is 7.52. The third-order valence-electron chi connectivity index (χ3n) is 4.93. The van der Waals surface area contributed by atoms with Gasteiger partial charge in [0.1, 0.15) is 5.82 Å². The quantitative estimate of drug-likeness (QED) is 0.784. The molecule has 3 aromatic heterocycles. The topological polar surface area (TPSA) is 63.1 Å². The Labute approximate surface area is 144 Å². The monoisotopic (exact) mass is 342 g/mol. The highest BCUT2D eigenvalue weighted by Gasteiger charge is 2.21. The Balaban J connectivity index is 1.81. The lowest BCUT2D eigenvalue weighted by molar-refractivity contribution is 0.350. The average Bonchev–Trinajstić information content (AvgIpc) is 3.24. The van der Waals surface area contributed by atoms with Gasteiger partial charge >= 0.3 is 0 Å². The molecule has 3 heterocycles. The molecule has 0 radical (unpaired) electrons. The molecule has 1 saturated carbocycles. The first kappa shape index (κ1) is 15.6. The van der Waals surface area contributed by atoms with E-state index in [1.807, 2.05) is 24.4 Å². The zero-order valence-corrected chi connectivity index (χ0v) is 14.7. The summed E-state index contributed by atoms with van der Waals surface area (Å²) in [5, 5.41) is 6.72. The summed E-state index contributed by atoms with van der Waals surface area (Å²) in [4.78, 5) is 21.3. The predicted octanol–water partition coefficient (Wildman–Crippen LogP) is 3.83. The van der Waals surface area contributed by atoms with Gasteiger partial charge in [0.05, 0.1) is 10.6 Å². The molecule has 0 bridgehead atoms. The third kappa shape index (κ3) is 2.79. The van der Waals surface area contributed by atoms with Crippen LogP contribution in [0.25, 0.3) is 16.2 Å². The van der Waals surface area contributed by atoms with Gasteiger partial charge in [-0.25, -0.2) is 9.50 Å². The number of nitrogens with zero attached hydrogens (tertiary/aromatic N) is 3. The van der Waals surface area contributed by atoms with Gasteiger partial charge in [0.15, 0.2) is 11.3 Å². The molecule has 0 atom stereocenters. The van der Waals surface area contributed by atoms with Crippen molar-refractivity contribution in [1.82, 2.24) is 19.6 Å². The van der Waals surface area contributed by atoms with E-state index in [1.165, 1.54) is 32.1 Å². The van der Waals surface area contributed by atoms with Crippen molar-refractivity contribution in [3.05, 3.63) is 39.4 Å². The summed E-state index contributed by atoms with van der Waals surface area (Å²) in [5.41, 5.74) is 1.38. The molecule has 0 amide bonds. The molecule has 0 aliphatic heterocycles. The van der Waals surface area contributed by atoms with Gasteiger partial charge in [0.25, 0.3) is 5.56 Å². The lowest BCUT2D eigenvalue weighted by Gasteiger charge is -2.20. The van der Waals surface area contributed by atoms with Crippen LogP contribution in [-0.4, -0.2) is 19.6 Å². The molecule has 126 valence electrons. The molecule has 0 unspecified atom stereocenters. The molecule has 6 heteroatoms. The van der Waals surface area contributed by atoms with Crippen molar-refractivity contribution < 1.29 is 0 Å². The van der Waals surface area contributed by atoms with Crippen LogP contribution in [0.5, 0.6) is 0 Å². The summed E-state index contributed by atoms with van der Waals surface area (Å²) in [7, 11) is 0. The Kier molecular flexibility index (Phi) is 4.22. The fourth-order valence-corrected chi connectivity index (χ4v) is 4.35. The minimum absolute atomic E-state index is 0.0901. The molecule has 1 aliphatic rings. The van der Waals surface area contributed by atoms with Crippen LogP contribution in [-0.2, 0) is 12.8 Å². The van der Waals surface area contributed by atoms with E-state index < -0.39 is 0 Å². The van der Waals surface area contributed by atoms with Crippen molar-refractivity contribution in [2.75, 3.05) is 0 Å². The number of rotatable bonds is 4. The number of imidazole rings is 1. The van der Waals surface area contributed by atoms with Crippen LogP contribution in [0.3, 0.4) is 0 Å². The Morgan fingerprint density at radius 1 is 1.33 bits per heavy atom. The molecule has 0 aromatic carbocycles. The number of thiophene rings is 1. The fraction of sp³-hybridized carbons (Fsp3) is 0.500. The van der Waals surface area contributed by atoms with Crippen molar-refractivity contribution in [2.45, 2.75) is 51.9 Å². The first-order chi connectivity index (χ1) is 11.8. The predicted molar refractivity (Wildman–Crippen MR) is 96.6 cm³/mol. The lowest BCUT2D eigenvalue weighted by Crippen LogP contribution is -2.17. The Morgan fingerprint density at radius 2 is 2.17 bits per heavy atom. The SMILES string of the molecule is CCc1nc(CC2CCCCC2)n2nc(-c3cccs3)[nH]c(=O)c12. The molecular weight excluding hydrogens is 320 g/mol. The third-order valence-corrected chi connectivity index (χ3v) is 5.80. The lowest BCUT2D eigenvalue weighted by atomic mass is 9.87. The molecule has 24 heavy (non-hydrogen) atoms. The summed E-state index contributed by atoms with van der Waals surface area (Å²) in [6, 6.07) is 3.95. The van der Waals surface area contributed by atoms with Crippen LogP contribution in [0.1, 0.15) is 50.5 Å². The number of H-pyrrole nitrogens is 1. The number of aromatic amines is 1. The van der Waals surface area contributed by atoms with Gasteiger partial charge in [-0.15, -0.1) is 16.4 Å². The van der Waals surface area contributed by atoms with E-state index in [0.29, 0.717) is 17.3 Å². The van der Waals surface area contributed by atoms with Crippen LogP contribution in [0.4, 0.5) is 0 Å². The number of nitrogens with one attached hydrogen (secondary N) is 1. The maximum absolute atomic E-state index is 12.6. The maximum atomic E-state index is 12.6. The molecule has 4 rings (SSSR count). The van der Waals surface area contributed by atoms with E-state index in [9.17, 15) is 4.79 Å². The zero-order valence-electron chi connectivity index (χ0n) is 13.9. The largest absolute Gasteiger partial charge is 0.303 e. The summed E-state index contributed by atoms with van der Waals surface area (Å²) < 4.78 is 1.81. The van der Waals surface area contributed by atoms with Crippen molar-refractivity contribution >= 4 is 16.9 Å². The summed E-state index contributed by atoms with van der Waals surface area (Å²) in [6.45, 7) is 2.04. The maximum Gasteiger partial charge on any atom is 0.277 e. The molecule has 5 nitrogen and oxygen atoms in total. The average molecular weight is 342 g/mol. The van der Waals surface area contributed by atoms with Crippen molar-refractivity contribution in [1.29, 1.82) is 0 Å². The van der Waals surface area contributed by atoms with Crippen molar-refractivity contribution in [3.63, 3.8) is 0 Å². The highest BCUT2D eigenvalue weighted by atomic mass is 32.1. The van der Waals surface area contributed by atoms with E-state index in [4.69, 9.17) is 10.1 Å². The van der Waals surface area contributed by atoms with Crippen molar-refractivity contribution in [3.8, 4) is 10.7 Å². The van der Waals surface area contributed by atoms with E-state index in [-0.39, 0.29) is 5.56 Å². The summed E-state index contributed by atoms with van der Waals surface area (Å²) in [6.07, 6.45) is 8.15. The smallest absolute Gasteiger partial charge is 0.277 e. The molecule has 3 aromatic rings. The Morgan fingerprint density at radius 3 is 2.88 bits per heavy atom. The van der Waals surface area contributed by atoms with E-state index in [0.717, 1.165) is 29.2 Å². The van der Waals surface area contributed by atoms with E-state index >= 15 is 0 Å². The Hall–Kier alpha value is -1.95. The summed E-state index contributed by atoms with van der Waals surface area (Å²) in [5.74, 6) is 2.24. The van der Waals surface area contributed by atoms with Gasteiger partial charge in [-0.3, -0.25) is 4.79 Å². The van der Waals surface area contributed by atoms with Gasteiger partial charge in [-0.2, -0.15) is 0 Å². The van der Waals surface area contributed by atoms with Crippen LogP contribution in [0.2, 0.25) is 0 Å². The molecule has 0 spiro atoms. The van der Waals surface area contributed by atoms with Gasteiger partial charge in [-0.1, -0.05) is 45.1 Å². The first-order valence-corrected chi connectivity index (χ1v) is 9.69. The molecule has 1 fully saturated rings. The highest BCUT2D eigenvalue weighted by Crippen LogP contribution is 2.27. The number of aromatic nitrogens is 4. The van der Waals surface area contributed by atoms with Gasteiger partial charge in [0.2, 0.25) is 0 Å². The normalized spacial score (nSPS) is 16.0. The van der Waals surface area contributed by atoms with Crippen LogP contribution in [0, 0.1) is 5.92 Å². The van der Waals surface area contributed by atoms with Gasteiger partial charge in [-0.05, 0) is 23.8 Å². The van der Waals surface area contributed by atoms with E-state index in [1.54, 1.807) is 15.9 Å². The second kappa shape index (κ2) is 6.51. The minimum atomic E-state index is -0.0901. The molecular formula is C18H22N4OS. The zero-order chi connectivity index (χ0) is 16.5. The Bertz CT molecular complexity index is 888. The number of hydrogen-bond acceptors (Lipinski definition) is 4. The summed E-state index contributed by atoms with van der Waals surface area (Å²) >= 11 is 1.58. The fourth-order valence-electron chi connectivity index (χ4n) is 3.69. The van der Waals surface area contributed by atoms with Gasteiger partial charge in [0, 0.05) is 6.42 Å². The van der Waals surface area contributed by atoms with Crippen molar-refractivity contribution in [2.24, 2.45) is 5.92 Å². The van der Waals surface area contributed by atoms with Crippen LogP contribution >= 0.6 is 11.3 Å². The number of hydrogen-bond donors (Lipinski definition) is 1. The van der Waals surface area contributed by atoms with Gasteiger partial charge < -0.3 is 4.98 Å². The first-order valence-electron chi connectivity index (χ1n) is 8.81. The molecule has 0 saturated heterocycles. The molecule has 1 N–H and O–H groups in total. The number of aryl methyl sites for hydroxylation is 1. The minimum Gasteiger partial charge on any atom is -0.303 e. The van der Waals surface area contributed by atoms with Crippen LogP contribution < -0.4 is 5.56 Å². The van der Waals surface area contributed by atoms with Crippen LogP contribution in [0.15, 0.2) is 22.3 Å². The van der Waals surface area contributed by atoms with E-state index in [2.05, 4.69) is 4.98 Å². The second-order valence-electron chi connectivity index (χ2n) is 6.58. The highest BCUT2D eigenvalue weighted by molar-refractivity contribution is 7.13.